The second-order valence-electron chi connectivity index (χ2n) is 22.0. The molecule has 3 heteroatoms. The first kappa shape index (κ1) is 51.4. The second kappa shape index (κ2) is 23.3. The van der Waals surface area contributed by atoms with E-state index < -0.39 is 0 Å². The van der Waals surface area contributed by atoms with Crippen LogP contribution in [0.1, 0.15) is 187 Å². The van der Waals surface area contributed by atoms with E-state index in [1.54, 1.807) is 7.11 Å². The first-order chi connectivity index (χ1) is 32.1. The number of nitrogens with zero attached hydrogens (tertiary/aromatic N) is 1. The lowest BCUT2D eigenvalue weighted by atomic mass is 9.80. The SMILES string of the molecule is CCCCCC(C)(C)C=Cc1cc(OC)c(C=Cc2ccc(N(c3ccc(C(C)(C)CCCCC)cc3)c3ccc4c(c3)C(C)(C)c3ccccc3-4)cc2)cc1OCCC(C)CCCC(C)C. The zero-order valence-corrected chi connectivity index (χ0v) is 43.7. The molecule has 0 aromatic heterocycles. The smallest absolute Gasteiger partial charge is 0.127 e. The average molecular weight is 900 g/mol. The van der Waals surface area contributed by atoms with E-state index in [1.165, 1.54) is 104 Å². The number of allylic oxidation sites excluding steroid dienone is 1. The van der Waals surface area contributed by atoms with Crippen molar-refractivity contribution >= 4 is 35.3 Å². The number of rotatable bonds is 25. The summed E-state index contributed by atoms with van der Waals surface area (Å²) in [6.45, 7) is 26.5. The highest BCUT2D eigenvalue weighted by atomic mass is 16.5. The van der Waals surface area contributed by atoms with Crippen molar-refractivity contribution in [1.82, 2.24) is 0 Å². The molecule has 0 spiro atoms. The normalized spacial score (nSPS) is 13.9. The van der Waals surface area contributed by atoms with Crippen molar-refractivity contribution in [2.45, 2.75) is 164 Å². The Kier molecular flexibility index (Phi) is 17.9. The standard InChI is InChI=1S/C64H85NO2/c1-13-15-19-40-62(6,7)42-38-51-44-60(66-12)50(45-61(51)67-43-39-48(5)23-21-22-47(3)4)29-26-49-27-32-53(33-28-49)65(54-34-30-52(31-35-54)63(8,9)41-20-16-14-2)55-36-37-57-56-24-17-18-25-58(56)64(10,11)59(57)46-55/h17-18,24-38,42,44-48H,13-16,19-23,39-41,43H2,1-12H3. The lowest BCUT2D eigenvalue weighted by Gasteiger charge is -2.30. The summed E-state index contributed by atoms with van der Waals surface area (Å²) in [5, 5.41) is 0. The van der Waals surface area contributed by atoms with Gasteiger partial charge in [-0.05, 0) is 124 Å². The molecular weight excluding hydrogens is 815 g/mol. The van der Waals surface area contributed by atoms with Crippen LogP contribution in [-0.4, -0.2) is 13.7 Å². The maximum Gasteiger partial charge on any atom is 0.127 e. The second-order valence-corrected chi connectivity index (χ2v) is 22.0. The van der Waals surface area contributed by atoms with Crippen molar-refractivity contribution in [2.24, 2.45) is 17.3 Å². The summed E-state index contributed by atoms with van der Waals surface area (Å²) >= 11 is 0. The molecule has 0 saturated heterocycles. The van der Waals surface area contributed by atoms with Crippen molar-refractivity contribution < 1.29 is 9.47 Å². The number of fused-ring (bicyclic) bond motifs is 3. The van der Waals surface area contributed by atoms with Crippen molar-refractivity contribution in [3.8, 4) is 22.6 Å². The number of benzene rings is 5. The molecule has 0 heterocycles. The highest BCUT2D eigenvalue weighted by molar-refractivity contribution is 5.86. The largest absolute Gasteiger partial charge is 0.496 e. The molecule has 0 aliphatic heterocycles. The molecule has 5 aromatic rings. The molecule has 1 atom stereocenters. The molecule has 67 heavy (non-hydrogen) atoms. The highest BCUT2D eigenvalue weighted by Gasteiger charge is 2.36. The minimum absolute atomic E-state index is 0.0918. The molecule has 0 radical (unpaired) electrons. The molecule has 0 amide bonds. The van der Waals surface area contributed by atoms with Gasteiger partial charge in [0.25, 0.3) is 0 Å². The maximum atomic E-state index is 6.68. The maximum absolute atomic E-state index is 6.68. The van der Waals surface area contributed by atoms with Gasteiger partial charge >= 0.3 is 0 Å². The summed E-state index contributed by atoms with van der Waals surface area (Å²) in [5.41, 5.74) is 13.6. The van der Waals surface area contributed by atoms with Gasteiger partial charge in [0, 0.05) is 33.6 Å². The van der Waals surface area contributed by atoms with Crippen LogP contribution in [0.2, 0.25) is 0 Å². The predicted molar refractivity (Wildman–Crippen MR) is 293 cm³/mol. The Balaban J connectivity index is 1.31. The van der Waals surface area contributed by atoms with Crippen molar-refractivity contribution in [2.75, 3.05) is 18.6 Å². The number of hydrogen-bond donors (Lipinski definition) is 0. The fourth-order valence-corrected chi connectivity index (χ4v) is 9.99. The Morgan fingerprint density at radius 1 is 0.597 bits per heavy atom. The zero-order chi connectivity index (χ0) is 48.2. The topological polar surface area (TPSA) is 21.7 Å². The van der Waals surface area contributed by atoms with Gasteiger partial charge in [0.1, 0.15) is 11.5 Å². The summed E-state index contributed by atoms with van der Waals surface area (Å²) < 4.78 is 12.7. The van der Waals surface area contributed by atoms with Gasteiger partial charge in [0.15, 0.2) is 0 Å². The Morgan fingerprint density at radius 3 is 1.88 bits per heavy atom. The molecule has 5 aromatic carbocycles. The van der Waals surface area contributed by atoms with Crippen molar-refractivity contribution in [1.29, 1.82) is 0 Å². The number of anilines is 3. The Labute approximate surface area is 408 Å². The number of methoxy groups -OCH3 is 1. The fourth-order valence-electron chi connectivity index (χ4n) is 9.99. The predicted octanol–water partition coefficient (Wildman–Crippen LogP) is 19.4. The van der Waals surface area contributed by atoms with Gasteiger partial charge in [0.05, 0.1) is 13.7 Å². The summed E-state index contributed by atoms with van der Waals surface area (Å²) in [5.74, 6) is 3.14. The average Bonchev–Trinajstić information content (AvgIpc) is 3.53. The highest BCUT2D eigenvalue weighted by Crippen LogP contribution is 2.51. The van der Waals surface area contributed by atoms with E-state index in [9.17, 15) is 0 Å². The van der Waals surface area contributed by atoms with Gasteiger partial charge in [-0.2, -0.15) is 0 Å². The number of ether oxygens (including phenoxy) is 2. The molecule has 358 valence electrons. The summed E-state index contributed by atoms with van der Waals surface area (Å²) in [6, 6.07) is 38.7. The quantitative estimate of drug-likeness (QED) is 0.0430. The van der Waals surface area contributed by atoms with E-state index in [0.717, 1.165) is 51.9 Å². The number of hydrogen-bond acceptors (Lipinski definition) is 3. The third-order valence-electron chi connectivity index (χ3n) is 14.6. The Hall–Kier alpha value is -5.02. The van der Waals surface area contributed by atoms with Crippen LogP contribution in [-0.2, 0) is 10.8 Å². The third kappa shape index (κ3) is 13.4. The molecule has 1 aliphatic carbocycles. The molecule has 6 rings (SSSR count). The lowest BCUT2D eigenvalue weighted by molar-refractivity contribution is 0.275. The van der Waals surface area contributed by atoms with E-state index in [4.69, 9.17) is 9.47 Å². The van der Waals surface area contributed by atoms with Gasteiger partial charge in [-0.3, -0.25) is 0 Å². The molecule has 0 saturated carbocycles. The summed E-state index contributed by atoms with van der Waals surface area (Å²) in [4.78, 5) is 2.43. The van der Waals surface area contributed by atoms with E-state index in [1.807, 2.05) is 0 Å². The van der Waals surface area contributed by atoms with Crippen LogP contribution in [0.4, 0.5) is 17.1 Å². The van der Waals surface area contributed by atoms with Crippen LogP contribution in [0.5, 0.6) is 11.5 Å². The fraction of sp³-hybridized carbons (Fsp3) is 0.469. The van der Waals surface area contributed by atoms with Crippen LogP contribution >= 0.6 is 0 Å². The van der Waals surface area contributed by atoms with Crippen LogP contribution in [0.3, 0.4) is 0 Å². The van der Waals surface area contributed by atoms with E-state index in [0.29, 0.717) is 12.5 Å². The van der Waals surface area contributed by atoms with Crippen molar-refractivity contribution in [3.05, 3.63) is 143 Å². The van der Waals surface area contributed by atoms with Crippen LogP contribution in [0, 0.1) is 17.3 Å². The minimum atomic E-state index is -0.0918. The Morgan fingerprint density at radius 2 is 1.21 bits per heavy atom. The van der Waals surface area contributed by atoms with Gasteiger partial charge < -0.3 is 14.4 Å². The van der Waals surface area contributed by atoms with E-state index in [-0.39, 0.29) is 16.2 Å². The summed E-state index contributed by atoms with van der Waals surface area (Å²) in [7, 11) is 1.77. The minimum Gasteiger partial charge on any atom is -0.496 e. The lowest BCUT2D eigenvalue weighted by Crippen LogP contribution is -2.18. The van der Waals surface area contributed by atoms with Crippen LogP contribution in [0.15, 0.2) is 109 Å². The monoisotopic (exact) mass is 900 g/mol. The van der Waals surface area contributed by atoms with E-state index in [2.05, 4.69) is 208 Å². The van der Waals surface area contributed by atoms with Gasteiger partial charge in [-0.15, -0.1) is 0 Å². The third-order valence-corrected chi connectivity index (χ3v) is 14.6. The zero-order valence-electron chi connectivity index (χ0n) is 43.7. The van der Waals surface area contributed by atoms with Gasteiger partial charge in [-0.25, -0.2) is 0 Å². The first-order valence-electron chi connectivity index (χ1n) is 26.0. The molecule has 1 aliphatic rings. The molecule has 0 N–H and O–H groups in total. The van der Waals surface area contributed by atoms with Crippen molar-refractivity contribution in [3.63, 3.8) is 0 Å². The molecular formula is C64H85NO2. The Bertz CT molecular complexity index is 2390. The van der Waals surface area contributed by atoms with Gasteiger partial charge in [-0.1, -0.05) is 213 Å². The molecule has 3 nitrogen and oxygen atoms in total. The van der Waals surface area contributed by atoms with Crippen LogP contribution in [0.25, 0.3) is 29.4 Å². The van der Waals surface area contributed by atoms with Gasteiger partial charge in [0.2, 0.25) is 0 Å². The molecule has 0 bridgehead atoms. The molecule has 0 fully saturated rings. The number of unbranched alkanes of at least 4 members (excludes halogenated alkanes) is 4. The summed E-state index contributed by atoms with van der Waals surface area (Å²) in [6.07, 6.45) is 23.7. The first-order valence-corrected chi connectivity index (χ1v) is 26.0. The molecule has 1 unspecified atom stereocenters. The van der Waals surface area contributed by atoms with E-state index >= 15 is 0 Å². The van der Waals surface area contributed by atoms with Crippen LogP contribution < -0.4 is 14.4 Å².